The maximum atomic E-state index is 4.48. The van der Waals surface area contributed by atoms with Crippen LogP contribution in [0.5, 0.6) is 0 Å². The Balaban J connectivity index is 2.46. The molecule has 2 rings (SSSR count). The van der Waals surface area contributed by atoms with Crippen molar-refractivity contribution in [2.45, 2.75) is 26.3 Å². The van der Waals surface area contributed by atoms with Gasteiger partial charge in [0.15, 0.2) is 0 Å². The molecule has 2 heteroatoms. The third-order valence-corrected chi connectivity index (χ3v) is 2.82. The Morgan fingerprint density at radius 3 is 2.86 bits per heavy atom. The van der Waals surface area contributed by atoms with E-state index in [0.29, 0.717) is 5.92 Å². The highest BCUT2D eigenvalue weighted by molar-refractivity contribution is 5.67. The van der Waals surface area contributed by atoms with Crippen LogP contribution in [0.15, 0.2) is 18.8 Å². The molecule has 0 bridgehead atoms. The summed E-state index contributed by atoms with van der Waals surface area (Å²) in [6, 6.07) is 2.22. The molecular weight excluding hydrogens is 172 g/mol. The van der Waals surface area contributed by atoms with E-state index in [1.165, 1.54) is 11.1 Å². The van der Waals surface area contributed by atoms with Gasteiger partial charge in [0.1, 0.15) is 0 Å². The summed E-state index contributed by atoms with van der Waals surface area (Å²) >= 11 is 0. The van der Waals surface area contributed by atoms with E-state index < -0.39 is 0 Å². The zero-order chi connectivity index (χ0) is 10.3. The number of fused-ring (bicyclic) bond motifs is 1. The lowest BCUT2D eigenvalue weighted by molar-refractivity contribution is 0.496. The fourth-order valence-electron chi connectivity index (χ4n) is 1.73. The molecule has 1 aromatic heterocycles. The van der Waals surface area contributed by atoms with Crippen molar-refractivity contribution in [2.75, 3.05) is 7.05 Å². The Hall–Kier alpha value is -1.31. The standard InChI is InChI=1S/C12H16N2/c1-8(2)10-5-11-9(3)14(4)7-12(11)13-6-10/h5-6,8H,3,7H2,1-2,4H3. The van der Waals surface area contributed by atoms with Gasteiger partial charge in [0.25, 0.3) is 0 Å². The lowest BCUT2D eigenvalue weighted by Crippen LogP contribution is -2.06. The van der Waals surface area contributed by atoms with Crippen LogP contribution in [0.25, 0.3) is 5.70 Å². The van der Waals surface area contributed by atoms with Gasteiger partial charge in [-0.3, -0.25) is 4.98 Å². The zero-order valence-electron chi connectivity index (χ0n) is 9.04. The molecule has 0 aliphatic carbocycles. The van der Waals surface area contributed by atoms with Crippen molar-refractivity contribution in [3.63, 3.8) is 0 Å². The van der Waals surface area contributed by atoms with Gasteiger partial charge in [0.2, 0.25) is 0 Å². The van der Waals surface area contributed by atoms with Crippen LogP contribution in [0.2, 0.25) is 0 Å². The minimum Gasteiger partial charge on any atom is -0.369 e. The molecule has 2 nitrogen and oxygen atoms in total. The molecule has 0 N–H and O–H groups in total. The molecule has 1 aliphatic rings. The molecule has 0 atom stereocenters. The van der Waals surface area contributed by atoms with Crippen molar-refractivity contribution in [1.29, 1.82) is 0 Å². The molecule has 0 spiro atoms. The van der Waals surface area contributed by atoms with Crippen molar-refractivity contribution in [1.82, 2.24) is 9.88 Å². The molecule has 2 heterocycles. The number of hydrogen-bond acceptors (Lipinski definition) is 2. The smallest absolute Gasteiger partial charge is 0.0689 e. The molecule has 0 fully saturated rings. The van der Waals surface area contributed by atoms with Gasteiger partial charge in [-0.1, -0.05) is 20.4 Å². The summed E-state index contributed by atoms with van der Waals surface area (Å²) in [5.41, 5.74) is 4.76. The number of pyridine rings is 1. The van der Waals surface area contributed by atoms with Gasteiger partial charge in [-0.25, -0.2) is 0 Å². The first-order valence-corrected chi connectivity index (χ1v) is 4.99. The topological polar surface area (TPSA) is 16.1 Å². The SMILES string of the molecule is C=C1c2cc(C(C)C)cnc2CN1C. The molecule has 0 radical (unpaired) electrons. The average Bonchev–Trinajstić information content (AvgIpc) is 2.43. The van der Waals surface area contributed by atoms with Gasteiger partial charge in [0, 0.05) is 24.5 Å². The Morgan fingerprint density at radius 2 is 2.21 bits per heavy atom. The lowest BCUT2D eigenvalue weighted by atomic mass is 10.0. The van der Waals surface area contributed by atoms with E-state index in [1.807, 2.05) is 6.20 Å². The predicted molar refractivity (Wildman–Crippen MR) is 58.8 cm³/mol. The van der Waals surface area contributed by atoms with Crippen LogP contribution in [0.4, 0.5) is 0 Å². The molecular formula is C12H16N2. The largest absolute Gasteiger partial charge is 0.369 e. The van der Waals surface area contributed by atoms with Crippen LogP contribution in [0.1, 0.15) is 36.6 Å². The molecule has 14 heavy (non-hydrogen) atoms. The summed E-state index contributed by atoms with van der Waals surface area (Å²) in [7, 11) is 2.05. The van der Waals surface area contributed by atoms with Gasteiger partial charge in [0.05, 0.1) is 12.2 Å². The van der Waals surface area contributed by atoms with E-state index in [9.17, 15) is 0 Å². The highest BCUT2D eigenvalue weighted by Crippen LogP contribution is 2.30. The summed E-state index contributed by atoms with van der Waals surface area (Å²) in [5.74, 6) is 0.534. The monoisotopic (exact) mass is 188 g/mol. The van der Waals surface area contributed by atoms with Crippen LogP contribution in [0, 0.1) is 0 Å². The quantitative estimate of drug-likeness (QED) is 0.673. The van der Waals surface area contributed by atoms with Crippen molar-refractivity contribution >= 4 is 5.70 Å². The Bertz CT molecular complexity index is 380. The summed E-state index contributed by atoms with van der Waals surface area (Å²) in [5, 5.41) is 0. The second-order valence-electron chi connectivity index (χ2n) is 4.22. The first-order valence-electron chi connectivity index (χ1n) is 4.99. The third kappa shape index (κ3) is 1.31. The lowest BCUT2D eigenvalue weighted by Gasteiger charge is -2.10. The second-order valence-corrected chi connectivity index (χ2v) is 4.22. The molecule has 1 aromatic rings. The van der Waals surface area contributed by atoms with Crippen LogP contribution < -0.4 is 0 Å². The summed E-state index contributed by atoms with van der Waals surface area (Å²) in [4.78, 5) is 6.62. The second kappa shape index (κ2) is 3.12. The molecule has 0 saturated carbocycles. The van der Waals surface area contributed by atoms with Crippen LogP contribution in [-0.2, 0) is 6.54 Å². The maximum Gasteiger partial charge on any atom is 0.0689 e. The molecule has 0 aromatic carbocycles. The highest BCUT2D eigenvalue weighted by Gasteiger charge is 2.20. The molecule has 74 valence electrons. The minimum atomic E-state index is 0.534. The number of aromatic nitrogens is 1. The van der Waals surface area contributed by atoms with E-state index in [0.717, 1.165) is 17.9 Å². The summed E-state index contributed by atoms with van der Waals surface area (Å²) in [6.07, 6.45) is 1.98. The van der Waals surface area contributed by atoms with Crippen LogP contribution >= 0.6 is 0 Å². The predicted octanol–water partition coefficient (Wildman–Crippen LogP) is 2.62. The summed E-state index contributed by atoms with van der Waals surface area (Å²) in [6.45, 7) is 9.33. The van der Waals surface area contributed by atoms with Gasteiger partial charge in [-0.15, -0.1) is 0 Å². The van der Waals surface area contributed by atoms with Crippen LogP contribution in [-0.4, -0.2) is 16.9 Å². The average molecular weight is 188 g/mol. The first-order chi connectivity index (χ1) is 6.59. The zero-order valence-corrected chi connectivity index (χ0v) is 9.04. The fourth-order valence-corrected chi connectivity index (χ4v) is 1.73. The minimum absolute atomic E-state index is 0.534. The van der Waals surface area contributed by atoms with Crippen molar-refractivity contribution < 1.29 is 0 Å². The van der Waals surface area contributed by atoms with E-state index in [2.05, 4.69) is 43.4 Å². The van der Waals surface area contributed by atoms with Crippen molar-refractivity contribution in [2.24, 2.45) is 0 Å². The fraction of sp³-hybridized carbons (Fsp3) is 0.417. The molecule has 0 amide bonds. The van der Waals surface area contributed by atoms with E-state index in [1.54, 1.807) is 0 Å². The molecule has 0 unspecified atom stereocenters. The summed E-state index contributed by atoms with van der Waals surface area (Å²) < 4.78 is 0. The number of hydrogen-bond donors (Lipinski definition) is 0. The van der Waals surface area contributed by atoms with Gasteiger partial charge in [-0.05, 0) is 17.5 Å². The first kappa shape index (κ1) is 9.25. The Labute approximate surface area is 85.3 Å². The van der Waals surface area contributed by atoms with E-state index in [4.69, 9.17) is 0 Å². The molecule has 1 aliphatic heterocycles. The van der Waals surface area contributed by atoms with Crippen molar-refractivity contribution in [3.8, 4) is 0 Å². The highest BCUT2D eigenvalue weighted by atomic mass is 15.1. The number of nitrogens with zero attached hydrogens (tertiary/aromatic N) is 2. The molecule has 0 saturated heterocycles. The van der Waals surface area contributed by atoms with Gasteiger partial charge >= 0.3 is 0 Å². The number of rotatable bonds is 1. The third-order valence-electron chi connectivity index (χ3n) is 2.82. The maximum absolute atomic E-state index is 4.48. The van der Waals surface area contributed by atoms with E-state index in [-0.39, 0.29) is 0 Å². The normalized spacial score (nSPS) is 15.1. The Kier molecular flexibility index (Phi) is 2.06. The van der Waals surface area contributed by atoms with Gasteiger partial charge < -0.3 is 4.90 Å². The Morgan fingerprint density at radius 1 is 1.50 bits per heavy atom. The van der Waals surface area contributed by atoms with Crippen molar-refractivity contribution in [3.05, 3.63) is 35.7 Å². The van der Waals surface area contributed by atoms with Crippen LogP contribution in [0.3, 0.4) is 0 Å². The van der Waals surface area contributed by atoms with Gasteiger partial charge in [-0.2, -0.15) is 0 Å². The van der Waals surface area contributed by atoms with E-state index >= 15 is 0 Å².